The summed E-state index contributed by atoms with van der Waals surface area (Å²) < 4.78 is 0. The van der Waals surface area contributed by atoms with Crippen LogP contribution in [0.25, 0.3) is 0 Å². The van der Waals surface area contributed by atoms with E-state index in [0.29, 0.717) is 0 Å². The van der Waals surface area contributed by atoms with Crippen molar-refractivity contribution in [2.75, 3.05) is 0 Å². The first-order valence-electron chi connectivity index (χ1n) is 0.548. The van der Waals surface area contributed by atoms with E-state index >= 15 is 0 Å². The predicted molar refractivity (Wildman–Crippen MR) is 10.4 cm³/mol. The van der Waals surface area contributed by atoms with Crippen molar-refractivity contribution in [2.45, 2.75) is 0 Å². The molecule has 0 N–H and O–H groups in total. The van der Waals surface area contributed by atoms with Crippen LogP contribution in [-0.4, -0.2) is 5.09 Å². The molecule has 0 rings (SSSR count). The van der Waals surface area contributed by atoms with Crippen molar-refractivity contribution in [2.24, 2.45) is 0 Å². The second-order valence-corrected chi connectivity index (χ2v) is 0.224. The molecule has 0 aliphatic carbocycles. The van der Waals surface area contributed by atoms with Gasteiger partial charge in [-0.15, -0.1) is 0 Å². The Kier molecular flexibility index (Phi) is 24.4. The van der Waals surface area contributed by atoms with Crippen LogP contribution in [0.5, 0.6) is 0 Å². The van der Waals surface area contributed by atoms with Gasteiger partial charge < -0.3 is 32.3 Å². The molecule has 0 saturated heterocycles. The van der Waals surface area contributed by atoms with E-state index in [-0.39, 0.29) is 34.1 Å². The minimum Gasteiger partial charge on any atom is -1.00 e. The Hall–Kier alpha value is 0.199. The summed E-state index contributed by atoms with van der Waals surface area (Å²) in [4.78, 5) is 8.25. The summed E-state index contributed by atoms with van der Waals surface area (Å²) in [6, 6.07) is 0. The van der Waals surface area contributed by atoms with Crippen LogP contribution in [0.2, 0.25) is 0 Å². The van der Waals surface area contributed by atoms with Gasteiger partial charge in [0.1, 0.15) is 0 Å². The standard InChI is InChI=1S/BrH.Cu.NO3/c;;2-1(3)4/h1H;;/q;+2;-1/p-1. The molecule has 0 atom stereocenters. The molecule has 4 nitrogen and oxygen atoms in total. The molecule has 0 aliphatic rings. The quantitative estimate of drug-likeness (QED) is 0.237. The van der Waals surface area contributed by atoms with Gasteiger partial charge in [-0.3, -0.25) is 0 Å². The van der Waals surface area contributed by atoms with Gasteiger partial charge in [0, 0.05) is 0 Å². The molecule has 1 radical (unpaired) electrons. The second-order valence-electron chi connectivity index (χ2n) is 0.224. The van der Waals surface area contributed by atoms with Crippen molar-refractivity contribution in [3.63, 3.8) is 0 Å². The van der Waals surface area contributed by atoms with E-state index < -0.39 is 5.09 Å². The summed E-state index contributed by atoms with van der Waals surface area (Å²) in [5.41, 5.74) is 0. The van der Waals surface area contributed by atoms with Crippen LogP contribution < -0.4 is 17.0 Å². The first-order valence-corrected chi connectivity index (χ1v) is 0.548. The predicted octanol–water partition coefficient (Wildman–Crippen LogP) is -3.24. The van der Waals surface area contributed by atoms with E-state index in [1.54, 1.807) is 0 Å². The van der Waals surface area contributed by atoms with E-state index in [0.717, 1.165) is 0 Å². The fraction of sp³-hybridized carbons (Fsp3) is 0. The van der Waals surface area contributed by atoms with E-state index in [9.17, 15) is 0 Å². The SMILES string of the molecule is O=[N+]([O-])[O-].[Br-].[Cu+2]. The molecule has 0 aliphatic heterocycles. The molecule has 0 saturated carbocycles. The molecule has 41 valence electrons. The zero-order valence-electron chi connectivity index (χ0n) is 2.35. The maximum atomic E-state index is 8.25. The second kappa shape index (κ2) is 8.96. The number of nitrogens with zero attached hydrogens (tertiary/aromatic N) is 1. The molecular weight excluding hydrogens is 205 g/mol. The van der Waals surface area contributed by atoms with Crippen LogP contribution >= 0.6 is 0 Å². The van der Waals surface area contributed by atoms with Crippen molar-refractivity contribution in [3.05, 3.63) is 15.3 Å². The van der Waals surface area contributed by atoms with E-state index in [1.807, 2.05) is 0 Å². The van der Waals surface area contributed by atoms with Gasteiger partial charge in [-0.1, -0.05) is 0 Å². The molecule has 0 spiro atoms. The Morgan fingerprint density at radius 1 is 1.33 bits per heavy atom. The summed E-state index contributed by atoms with van der Waals surface area (Å²) in [7, 11) is 0. The fourth-order valence-electron chi connectivity index (χ4n) is 0. The van der Waals surface area contributed by atoms with E-state index in [4.69, 9.17) is 15.3 Å². The first-order chi connectivity index (χ1) is 1.73. The summed E-state index contributed by atoms with van der Waals surface area (Å²) in [6.07, 6.45) is 0. The van der Waals surface area contributed by atoms with Crippen LogP contribution in [0.4, 0.5) is 0 Å². The minimum absolute atomic E-state index is 0. The van der Waals surface area contributed by atoms with Gasteiger partial charge in [0.15, 0.2) is 0 Å². The Labute approximate surface area is 54.9 Å². The number of halogens is 1. The van der Waals surface area contributed by atoms with Gasteiger partial charge in [0.2, 0.25) is 0 Å². The van der Waals surface area contributed by atoms with E-state index in [2.05, 4.69) is 0 Å². The van der Waals surface area contributed by atoms with E-state index in [1.165, 1.54) is 0 Å². The summed E-state index contributed by atoms with van der Waals surface area (Å²) in [6.45, 7) is 0. The number of hydrogen-bond donors (Lipinski definition) is 0. The van der Waals surface area contributed by atoms with Crippen molar-refractivity contribution < 1.29 is 39.1 Å². The number of rotatable bonds is 0. The van der Waals surface area contributed by atoms with Crippen LogP contribution in [0, 0.1) is 15.3 Å². The van der Waals surface area contributed by atoms with Gasteiger partial charge in [0.05, 0.1) is 5.09 Å². The third kappa shape index (κ3) is 1080. The van der Waals surface area contributed by atoms with Crippen LogP contribution in [-0.2, 0) is 17.1 Å². The van der Waals surface area contributed by atoms with Crippen LogP contribution in [0.3, 0.4) is 0 Å². The molecule has 6 heavy (non-hydrogen) atoms. The molecule has 0 aromatic heterocycles. The Bertz CT molecular complexity index is 33.8. The molecule has 6 heteroatoms. The third-order valence-corrected chi connectivity index (χ3v) is 0. The third-order valence-electron chi connectivity index (χ3n) is 0. The van der Waals surface area contributed by atoms with Gasteiger partial charge in [-0.2, -0.15) is 0 Å². The van der Waals surface area contributed by atoms with Gasteiger partial charge in [0.25, 0.3) is 0 Å². The monoisotopic (exact) mass is 204 g/mol. The topological polar surface area (TPSA) is 66.2 Å². The molecule has 0 aromatic carbocycles. The molecule has 0 heterocycles. The fourth-order valence-corrected chi connectivity index (χ4v) is 0. The Morgan fingerprint density at radius 2 is 1.33 bits per heavy atom. The zero-order valence-corrected chi connectivity index (χ0v) is 4.88. The smallest absolute Gasteiger partial charge is 1.00 e. The Balaban J connectivity index is -0.0000000450. The van der Waals surface area contributed by atoms with Crippen LogP contribution in [0.15, 0.2) is 0 Å². The van der Waals surface area contributed by atoms with Crippen molar-refractivity contribution in [3.8, 4) is 0 Å². The number of hydrogen-bond acceptors (Lipinski definition) is 3. The van der Waals surface area contributed by atoms with Crippen molar-refractivity contribution in [1.29, 1.82) is 0 Å². The van der Waals surface area contributed by atoms with Crippen molar-refractivity contribution >= 4 is 0 Å². The maximum absolute atomic E-state index is 8.25. The average molecular weight is 205 g/mol. The largest absolute Gasteiger partial charge is 2.00 e. The molecule has 0 aromatic rings. The van der Waals surface area contributed by atoms with Gasteiger partial charge >= 0.3 is 17.1 Å². The Morgan fingerprint density at radius 3 is 1.33 bits per heavy atom. The molecule has 0 bridgehead atoms. The first kappa shape index (κ1) is 16.4. The normalized spacial score (nSPS) is 4.00. The van der Waals surface area contributed by atoms with Gasteiger partial charge in [-0.05, 0) is 0 Å². The molecule has 0 unspecified atom stereocenters. The van der Waals surface area contributed by atoms with Crippen LogP contribution in [0.1, 0.15) is 0 Å². The summed E-state index contributed by atoms with van der Waals surface area (Å²) in [5.74, 6) is 0. The summed E-state index contributed by atoms with van der Waals surface area (Å²) >= 11 is 0. The minimum atomic E-state index is -1.75. The average Bonchev–Trinajstić information content (AvgIpc) is 0.811. The zero-order chi connectivity index (χ0) is 3.58. The van der Waals surface area contributed by atoms with Gasteiger partial charge in [-0.25, -0.2) is 0 Å². The molecular formula is BrCuNO3. The summed E-state index contributed by atoms with van der Waals surface area (Å²) in [5, 5.41) is 14.8. The van der Waals surface area contributed by atoms with Crippen molar-refractivity contribution in [1.82, 2.24) is 0 Å². The molecule has 0 fully saturated rings. The maximum Gasteiger partial charge on any atom is 2.00 e. The molecule has 0 amide bonds.